The number of thiocarbonyl (C=S) groups is 1. The minimum Gasteiger partial charge on any atom is -0.474 e. The lowest BCUT2D eigenvalue weighted by molar-refractivity contribution is 0.413. The van der Waals surface area contributed by atoms with Crippen molar-refractivity contribution in [2.24, 2.45) is 0 Å². The highest BCUT2D eigenvalue weighted by Gasteiger charge is 1.99. The van der Waals surface area contributed by atoms with Crippen LogP contribution in [0.15, 0.2) is 24.3 Å². The summed E-state index contributed by atoms with van der Waals surface area (Å²) in [6.07, 6.45) is 0. The van der Waals surface area contributed by atoms with Crippen LogP contribution in [0.5, 0.6) is 0 Å². The molecular weight excluding hydrogens is 194 g/mol. The van der Waals surface area contributed by atoms with E-state index in [1.165, 1.54) is 5.56 Å². The summed E-state index contributed by atoms with van der Waals surface area (Å²) in [6.45, 7) is 4.34. The van der Waals surface area contributed by atoms with Crippen molar-refractivity contribution < 1.29 is 4.74 Å². The van der Waals surface area contributed by atoms with Crippen molar-refractivity contribution >= 4 is 23.1 Å². The molecule has 76 valence electrons. The van der Waals surface area contributed by atoms with Gasteiger partial charge in [-0.2, -0.15) is 0 Å². The number of benzene rings is 1. The quantitative estimate of drug-likeness (QED) is 0.756. The van der Waals surface area contributed by atoms with E-state index < -0.39 is 0 Å². The van der Waals surface area contributed by atoms with Gasteiger partial charge in [-0.1, -0.05) is 26.0 Å². The highest BCUT2D eigenvalue weighted by molar-refractivity contribution is 7.80. The molecule has 14 heavy (non-hydrogen) atoms. The predicted octanol–water partition coefficient (Wildman–Crippen LogP) is 3.15. The summed E-state index contributed by atoms with van der Waals surface area (Å²) in [6, 6.07) is 8.18. The average Bonchev–Trinajstić information content (AvgIpc) is 2.18. The van der Waals surface area contributed by atoms with Crippen LogP contribution in [0.4, 0.5) is 5.69 Å². The number of methoxy groups -OCH3 is 1. The highest BCUT2D eigenvalue weighted by atomic mass is 32.1. The van der Waals surface area contributed by atoms with Crippen molar-refractivity contribution in [3.8, 4) is 0 Å². The van der Waals surface area contributed by atoms with E-state index in [-0.39, 0.29) is 0 Å². The van der Waals surface area contributed by atoms with Gasteiger partial charge in [-0.05, 0) is 35.8 Å². The van der Waals surface area contributed by atoms with Gasteiger partial charge in [0.2, 0.25) is 0 Å². The number of hydrogen-bond donors (Lipinski definition) is 1. The molecule has 0 atom stereocenters. The van der Waals surface area contributed by atoms with Crippen molar-refractivity contribution in [3.63, 3.8) is 0 Å². The molecule has 1 aromatic carbocycles. The fraction of sp³-hybridized carbons (Fsp3) is 0.364. The van der Waals surface area contributed by atoms with E-state index in [2.05, 4.69) is 31.3 Å². The molecule has 2 nitrogen and oxygen atoms in total. The maximum atomic E-state index is 4.89. The molecule has 0 aliphatic heterocycles. The third kappa shape index (κ3) is 3.00. The molecule has 0 aliphatic carbocycles. The first-order valence-electron chi connectivity index (χ1n) is 4.58. The van der Waals surface area contributed by atoms with Crippen LogP contribution >= 0.6 is 12.2 Å². The van der Waals surface area contributed by atoms with Crippen molar-refractivity contribution in [1.82, 2.24) is 0 Å². The van der Waals surface area contributed by atoms with E-state index in [4.69, 9.17) is 17.0 Å². The summed E-state index contributed by atoms with van der Waals surface area (Å²) in [5.41, 5.74) is 2.28. The highest BCUT2D eigenvalue weighted by Crippen LogP contribution is 2.17. The molecule has 1 aromatic rings. The van der Waals surface area contributed by atoms with E-state index in [1.807, 2.05) is 12.1 Å². The third-order valence-electron chi connectivity index (χ3n) is 2.01. The minimum absolute atomic E-state index is 0.391. The van der Waals surface area contributed by atoms with Crippen LogP contribution in [0.1, 0.15) is 25.3 Å². The maximum Gasteiger partial charge on any atom is 0.260 e. The first kappa shape index (κ1) is 11.0. The molecule has 0 spiro atoms. The normalized spacial score (nSPS) is 10.0. The first-order valence-corrected chi connectivity index (χ1v) is 4.99. The van der Waals surface area contributed by atoms with Crippen LogP contribution in [0, 0.1) is 0 Å². The molecule has 0 amide bonds. The van der Waals surface area contributed by atoms with Gasteiger partial charge in [-0.25, -0.2) is 0 Å². The molecule has 0 aromatic heterocycles. The molecule has 0 fully saturated rings. The van der Waals surface area contributed by atoms with E-state index >= 15 is 0 Å². The van der Waals surface area contributed by atoms with Gasteiger partial charge in [0.1, 0.15) is 0 Å². The molecule has 3 heteroatoms. The largest absolute Gasteiger partial charge is 0.474 e. The molecule has 0 bridgehead atoms. The molecule has 0 saturated carbocycles. The Morgan fingerprint density at radius 1 is 1.29 bits per heavy atom. The van der Waals surface area contributed by atoms with Gasteiger partial charge in [0.15, 0.2) is 0 Å². The minimum atomic E-state index is 0.391. The zero-order valence-electron chi connectivity index (χ0n) is 8.70. The monoisotopic (exact) mass is 209 g/mol. The van der Waals surface area contributed by atoms with Gasteiger partial charge in [-0.15, -0.1) is 0 Å². The van der Waals surface area contributed by atoms with Crippen molar-refractivity contribution in [2.75, 3.05) is 12.4 Å². The number of anilines is 1. The Labute approximate surface area is 90.3 Å². The second kappa shape index (κ2) is 4.96. The standard InChI is InChI=1S/C11H15NOS/c1-8(2)9-4-6-10(7-5-9)12-11(14)13-3/h4-8H,1-3H3,(H,12,14). The predicted molar refractivity (Wildman–Crippen MR) is 63.8 cm³/mol. The zero-order chi connectivity index (χ0) is 10.6. The molecule has 1 N–H and O–H groups in total. The van der Waals surface area contributed by atoms with Crippen LogP contribution in [0.25, 0.3) is 0 Å². The summed E-state index contributed by atoms with van der Waals surface area (Å²) in [5.74, 6) is 0.554. The Morgan fingerprint density at radius 2 is 1.86 bits per heavy atom. The summed E-state index contributed by atoms with van der Waals surface area (Å²) >= 11 is 4.89. The van der Waals surface area contributed by atoms with Gasteiger partial charge in [0.05, 0.1) is 7.11 Å². The van der Waals surface area contributed by atoms with Gasteiger partial charge in [0, 0.05) is 5.69 Å². The fourth-order valence-corrected chi connectivity index (χ4v) is 1.24. The second-order valence-electron chi connectivity index (χ2n) is 3.39. The maximum absolute atomic E-state index is 4.89. The number of ether oxygens (including phenoxy) is 1. The Morgan fingerprint density at radius 3 is 2.29 bits per heavy atom. The lowest BCUT2D eigenvalue weighted by Crippen LogP contribution is -2.10. The van der Waals surface area contributed by atoms with Gasteiger partial charge < -0.3 is 10.1 Å². The lowest BCUT2D eigenvalue weighted by atomic mass is 10.0. The summed E-state index contributed by atoms with van der Waals surface area (Å²) < 4.78 is 4.85. The van der Waals surface area contributed by atoms with Crippen LogP contribution in [-0.4, -0.2) is 12.3 Å². The molecule has 0 unspecified atom stereocenters. The van der Waals surface area contributed by atoms with Crippen molar-refractivity contribution in [2.45, 2.75) is 19.8 Å². The number of nitrogens with one attached hydrogen (secondary N) is 1. The van der Waals surface area contributed by atoms with Gasteiger partial charge in [-0.3, -0.25) is 0 Å². The van der Waals surface area contributed by atoms with E-state index in [0.717, 1.165) is 5.69 Å². The Balaban J connectivity index is 2.69. The fourth-order valence-electron chi connectivity index (χ4n) is 1.12. The lowest BCUT2D eigenvalue weighted by Gasteiger charge is -2.08. The van der Waals surface area contributed by atoms with Crippen LogP contribution in [0.2, 0.25) is 0 Å². The molecular formula is C11H15NOS. The SMILES string of the molecule is COC(=S)Nc1ccc(C(C)C)cc1. The molecule has 1 rings (SSSR count). The summed E-state index contributed by atoms with van der Waals surface area (Å²) in [4.78, 5) is 0. The summed E-state index contributed by atoms with van der Waals surface area (Å²) in [7, 11) is 1.55. The van der Waals surface area contributed by atoms with Crippen LogP contribution in [-0.2, 0) is 4.74 Å². The number of rotatable bonds is 2. The molecule has 0 heterocycles. The smallest absolute Gasteiger partial charge is 0.260 e. The van der Waals surface area contributed by atoms with Crippen LogP contribution < -0.4 is 5.32 Å². The van der Waals surface area contributed by atoms with E-state index in [0.29, 0.717) is 11.1 Å². The second-order valence-corrected chi connectivity index (χ2v) is 3.76. The molecule has 0 radical (unpaired) electrons. The van der Waals surface area contributed by atoms with Crippen molar-refractivity contribution in [1.29, 1.82) is 0 Å². The average molecular weight is 209 g/mol. The third-order valence-corrected chi connectivity index (χ3v) is 2.28. The Kier molecular flexibility index (Phi) is 3.89. The van der Waals surface area contributed by atoms with Crippen LogP contribution in [0.3, 0.4) is 0 Å². The van der Waals surface area contributed by atoms with Crippen molar-refractivity contribution in [3.05, 3.63) is 29.8 Å². The van der Waals surface area contributed by atoms with Gasteiger partial charge >= 0.3 is 0 Å². The Hall–Kier alpha value is -1.09. The summed E-state index contributed by atoms with van der Waals surface area (Å²) in [5, 5.41) is 3.36. The first-order chi connectivity index (χ1) is 6.63. The molecule has 0 aliphatic rings. The zero-order valence-corrected chi connectivity index (χ0v) is 9.52. The van der Waals surface area contributed by atoms with Gasteiger partial charge in [0.25, 0.3) is 5.17 Å². The van der Waals surface area contributed by atoms with E-state index in [9.17, 15) is 0 Å². The van der Waals surface area contributed by atoms with E-state index in [1.54, 1.807) is 7.11 Å². The number of hydrogen-bond acceptors (Lipinski definition) is 2. The Bertz CT molecular complexity index is 306. The topological polar surface area (TPSA) is 21.3 Å². The molecule has 0 saturated heterocycles.